The largest absolute Gasteiger partial charge is 0.508 e. The van der Waals surface area contributed by atoms with E-state index in [1.165, 1.54) is 6.07 Å². The van der Waals surface area contributed by atoms with E-state index in [-0.39, 0.29) is 11.7 Å². The Morgan fingerprint density at radius 2 is 1.95 bits per heavy atom. The van der Waals surface area contributed by atoms with Crippen molar-refractivity contribution in [2.75, 3.05) is 13.2 Å². The molecule has 0 aliphatic heterocycles. The van der Waals surface area contributed by atoms with Gasteiger partial charge < -0.3 is 15.2 Å². The molecular weight excluding hydrogens is 254 g/mol. The fourth-order valence-electron chi connectivity index (χ4n) is 1.70. The first-order valence-corrected chi connectivity index (χ1v) is 6.42. The Kier molecular flexibility index (Phi) is 4.60. The van der Waals surface area contributed by atoms with Crippen LogP contribution in [0.1, 0.15) is 15.9 Å². The summed E-state index contributed by atoms with van der Waals surface area (Å²) in [6.45, 7) is 2.58. The molecule has 2 N–H and O–H groups in total. The first-order chi connectivity index (χ1) is 9.66. The summed E-state index contributed by atoms with van der Waals surface area (Å²) in [5.41, 5.74) is 1.18. The Hall–Kier alpha value is -2.49. The van der Waals surface area contributed by atoms with Gasteiger partial charge in [-0.25, -0.2) is 0 Å². The third-order valence-electron chi connectivity index (χ3n) is 2.87. The van der Waals surface area contributed by atoms with Gasteiger partial charge in [0.15, 0.2) is 0 Å². The van der Waals surface area contributed by atoms with Gasteiger partial charge in [0.1, 0.15) is 18.1 Å². The Balaban J connectivity index is 1.79. The van der Waals surface area contributed by atoms with Crippen LogP contribution in [-0.2, 0) is 0 Å². The Morgan fingerprint density at radius 3 is 2.65 bits per heavy atom. The second kappa shape index (κ2) is 6.61. The third kappa shape index (κ3) is 3.75. The van der Waals surface area contributed by atoms with E-state index in [2.05, 4.69) is 5.32 Å². The smallest absolute Gasteiger partial charge is 0.251 e. The van der Waals surface area contributed by atoms with Crippen LogP contribution in [-0.4, -0.2) is 24.2 Å². The van der Waals surface area contributed by atoms with Gasteiger partial charge in [-0.1, -0.05) is 24.3 Å². The van der Waals surface area contributed by atoms with Gasteiger partial charge in [0.2, 0.25) is 0 Å². The van der Waals surface area contributed by atoms with Crippen LogP contribution < -0.4 is 10.1 Å². The van der Waals surface area contributed by atoms with Gasteiger partial charge in [0.25, 0.3) is 5.91 Å². The molecule has 0 aliphatic carbocycles. The fraction of sp³-hybridized carbons (Fsp3) is 0.188. The SMILES string of the molecule is Cc1ccc(C(=O)NCCOc2ccccc2)cc1O. The molecule has 0 atom stereocenters. The summed E-state index contributed by atoms with van der Waals surface area (Å²) in [5, 5.41) is 12.3. The second-order valence-electron chi connectivity index (χ2n) is 4.42. The summed E-state index contributed by atoms with van der Waals surface area (Å²) >= 11 is 0. The van der Waals surface area contributed by atoms with Gasteiger partial charge in [-0.05, 0) is 36.8 Å². The number of para-hydroxylation sites is 1. The number of phenols is 1. The van der Waals surface area contributed by atoms with Crippen LogP contribution in [0.15, 0.2) is 48.5 Å². The van der Waals surface area contributed by atoms with Gasteiger partial charge in [-0.15, -0.1) is 0 Å². The first kappa shape index (κ1) is 13.9. The molecule has 2 aromatic carbocycles. The maximum Gasteiger partial charge on any atom is 0.251 e. The molecule has 4 nitrogen and oxygen atoms in total. The molecular formula is C16H17NO3. The van der Waals surface area contributed by atoms with E-state index < -0.39 is 0 Å². The minimum Gasteiger partial charge on any atom is -0.508 e. The molecule has 0 aromatic heterocycles. The summed E-state index contributed by atoms with van der Waals surface area (Å²) in [6.07, 6.45) is 0. The number of nitrogens with one attached hydrogen (secondary N) is 1. The minimum atomic E-state index is -0.225. The van der Waals surface area contributed by atoms with Crippen molar-refractivity contribution in [3.63, 3.8) is 0 Å². The zero-order valence-corrected chi connectivity index (χ0v) is 11.3. The van der Waals surface area contributed by atoms with Crippen LogP contribution >= 0.6 is 0 Å². The van der Waals surface area contributed by atoms with Crippen LogP contribution in [0.25, 0.3) is 0 Å². The molecule has 0 saturated carbocycles. The fourth-order valence-corrected chi connectivity index (χ4v) is 1.70. The van der Waals surface area contributed by atoms with Crippen molar-refractivity contribution < 1.29 is 14.6 Å². The summed E-state index contributed by atoms with van der Waals surface area (Å²) < 4.78 is 5.47. The van der Waals surface area contributed by atoms with Crippen molar-refractivity contribution in [2.45, 2.75) is 6.92 Å². The molecule has 0 aliphatic rings. The first-order valence-electron chi connectivity index (χ1n) is 6.42. The van der Waals surface area contributed by atoms with Crippen molar-refractivity contribution in [1.82, 2.24) is 5.32 Å². The lowest BCUT2D eigenvalue weighted by Gasteiger charge is -2.08. The number of phenolic OH excluding ortho intramolecular Hbond substituents is 1. The second-order valence-corrected chi connectivity index (χ2v) is 4.42. The molecule has 4 heteroatoms. The number of amides is 1. The van der Waals surface area contributed by atoms with E-state index >= 15 is 0 Å². The van der Waals surface area contributed by atoms with Crippen molar-refractivity contribution in [2.24, 2.45) is 0 Å². The monoisotopic (exact) mass is 271 g/mol. The molecule has 0 radical (unpaired) electrons. The molecule has 0 saturated heterocycles. The highest BCUT2D eigenvalue weighted by atomic mass is 16.5. The highest BCUT2D eigenvalue weighted by Gasteiger charge is 2.06. The van der Waals surface area contributed by atoms with Crippen molar-refractivity contribution in [3.05, 3.63) is 59.7 Å². The molecule has 0 fully saturated rings. The van der Waals surface area contributed by atoms with E-state index in [9.17, 15) is 9.90 Å². The number of hydrogen-bond acceptors (Lipinski definition) is 3. The summed E-state index contributed by atoms with van der Waals surface area (Å²) in [4.78, 5) is 11.8. The van der Waals surface area contributed by atoms with Gasteiger partial charge >= 0.3 is 0 Å². The molecule has 0 heterocycles. The summed E-state index contributed by atoms with van der Waals surface area (Å²) in [7, 11) is 0. The maximum atomic E-state index is 11.8. The number of benzene rings is 2. The number of carbonyl (C=O) groups excluding carboxylic acids is 1. The van der Waals surface area contributed by atoms with Gasteiger partial charge in [0.05, 0.1) is 6.54 Å². The molecule has 2 rings (SSSR count). The van der Waals surface area contributed by atoms with Crippen LogP contribution in [0.4, 0.5) is 0 Å². The van der Waals surface area contributed by atoms with E-state index in [4.69, 9.17) is 4.74 Å². The molecule has 20 heavy (non-hydrogen) atoms. The van der Waals surface area contributed by atoms with Crippen molar-refractivity contribution >= 4 is 5.91 Å². The maximum absolute atomic E-state index is 11.8. The topological polar surface area (TPSA) is 58.6 Å². The predicted molar refractivity (Wildman–Crippen MR) is 77.1 cm³/mol. The molecule has 0 spiro atoms. The standard InChI is InChI=1S/C16H17NO3/c1-12-7-8-13(11-15(12)18)16(19)17-9-10-20-14-5-3-2-4-6-14/h2-8,11,18H,9-10H2,1H3,(H,17,19). The predicted octanol–water partition coefficient (Wildman–Crippen LogP) is 2.51. The lowest BCUT2D eigenvalue weighted by atomic mass is 10.1. The van der Waals surface area contributed by atoms with Crippen LogP contribution in [0.3, 0.4) is 0 Å². The zero-order valence-electron chi connectivity index (χ0n) is 11.3. The minimum absolute atomic E-state index is 0.123. The normalized spacial score (nSPS) is 10.1. The Labute approximate surface area is 118 Å². The highest BCUT2D eigenvalue weighted by Crippen LogP contribution is 2.17. The number of aryl methyl sites for hydroxylation is 1. The van der Waals surface area contributed by atoms with Crippen LogP contribution in [0.2, 0.25) is 0 Å². The van der Waals surface area contributed by atoms with Crippen LogP contribution in [0.5, 0.6) is 11.5 Å². The van der Waals surface area contributed by atoms with Crippen molar-refractivity contribution in [3.8, 4) is 11.5 Å². The van der Waals surface area contributed by atoms with E-state index in [1.54, 1.807) is 19.1 Å². The van der Waals surface area contributed by atoms with E-state index in [1.807, 2.05) is 30.3 Å². The third-order valence-corrected chi connectivity index (χ3v) is 2.87. The van der Waals surface area contributed by atoms with Crippen LogP contribution in [0, 0.1) is 6.92 Å². The lowest BCUT2D eigenvalue weighted by Crippen LogP contribution is -2.28. The lowest BCUT2D eigenvalue weighted by molar-refractivity contribution is 0.0946. The van der Waals surface area contributed by atoms with E-state index in [0.717, 1.165) is 11.3 Å². The summed E-state index contributed by atoms with van der Waals surface area (Å²) in [6, 6.07) is 14.3. The Bertz CT molecular complexity index is 582. The van der Waals surface area contributed by atoms with Gasteiger partial charge in [-0.2, -0.15) is 0 Å². The van der Waals surface area contributed by atoms with Crippen molar-refractivity contribution in [1.29, 1.82) is 0 Å². The number of carbonyl (C=O) groups is 1. The molecule has 0 bridgehead atoms. The van der Waals surface area contributed by atoms with Gasteiger partial charge in [0, 0.05) is 5.56 Å². The van der Waals surface area contributed by atoms with E-state index in [0.29, 0.717) is 18.7 Å². The summed E-state index contributed by atoms with van der Waals surface area (Å²) in [5.74, 6) is 0.671. The number of aromatic hydroxyl groups is 1. The Morgan fingerprint density at radius 1 is 1.20 bits per heavy atom. The molecule has 0 unspecified atom stereocenters. The highest BCUT2D eigenvalue weighted by molar-refractivity contribution is 5.94. The zero-order chi connectivity index (χ0) is 14.4. The van der Waals surface area contributed by atoms with Gasteiger partial charge in [-0.3, -0.25) is 4.79 Å². The number of ether oxygens (including phenoxy) is 1. The molecule has 2 aromatic rings. The average Bonchev–Trinajstić information content (AvgIpc) is 2.47. The quantitative estimate of drug-likeness (QED) is 0.821. The number of hydrogen-bond donors (Lipinski definition) is 2. The molecule has 1 amide bonds. The average molecular weight is 271 g/mol. The molecule has 104 valence electrons. The number of rotatable bonds is 5.